The normalized spacial score (nSPS) is 18.2. The Bertz CT molecular complexity index is 871. The molecule has 0 aliphatic heterocycles. The van der Waals surface area contributed by atoms with Crippen LogP contribution in [0.1, 0.15) is 119 Å². The van der Waals surface area contributed by atoms with Gasteiger partial charge >= 0.3 is 0 Å². The predicted molar refractivity (Wildman–Crippen MR) is 141 cm³/mol. The first-order chi connectivity index (χ1) is 16.2. The van der Waals surface area contributed by atoms with Gasteiger partial charge in [0.25, 0.3) is 0 Å². The summed E-state index contributed by atoms with van der Waals surface area (Å²) in [4.78, 5) is 0. The Labute approximate surface area is 201 Å². The van der Waals surface area contributed by atoms with Crippen LogP contribution in [-0.2, 0) is 0 Å². The summed E-state index contributed by atoms with van der Waals surface area (Å²) in [6, 6.07) is 17.1. The Kier molecular flexibility index (Phi) is 11.3. The van der Waals surface area contributed by atoms with Crippen molar-refractivity contribution in [2.75, 3.05) is 0 Å². The van der Waals surface area contributed by atoms with Gasteiger partial charge in [-0.1, -0.05) is 100 Å². The highest BCUT2D eigenvalue weighted by Crippen LogP contribution is 2.34. The van der Waals surface area contributed by atoms with Crippen molar-refractivity contribution >= 4 is 6.08 Å². The topological polar surface area (TPSA) is 0 Å². The van der Waals surface area contributed by atoms with E-state index in [-0.39, 0.29) is 0 Å². The van der Waals surface area contributed by atoms with E-state index in [1.54, 1.807) is 0 Å². The van der Waals surface area contributed by atoms with Crippen LogP contribution in [-0.4, -0.2) is 6.17 Å². The summed E-state index contributed by atoms with van der Waals surface area (Å²) in [6.45, 7) is 2.27. The van der Waals surface area contributed by atoms with E-state index in [4.69, 9.17) is 0 Å². The zero-order chi connectivity index (χ0) is 23.1. The minimum Gasteiger partial charge on any atom is -0.247 e. The molecule has 1 saturated carbocycles. The maximum atomic E-state index is 13.4. The second-order valence-corrected chi connectivity index (χ2v) is 9.61. The molecule has 0 nitrogen and oxygen atoms in total. The molecule has 0 amide bonds. The van der Waals surface area contributed by atoms with Crippen molar-refractivity contribution in [1.29, 1.82) is 0 Å². The molecule has 0 unspecified atom stereocenters. The van der Waals surface area contributed by atoms with Crippen LogP contribution >= 0.6 is 0 Å². The lowest BCUT2D eigenvalue weighted by molar-refractivity contribution is 0.235. The molecule has 0 spiro atoms. The van der Waals surface area contributed by atoms with Gasteiger partial charge in [-0.25, -0.2) is 4.39 Å². The lowest BCUT2D eigenvalue weighted by Gasteiger charge is -2.24. The quantitative estimate of drug-likeness (QED) is 0.239. The van der Waals surface area contributed by atoms with Gasteiger partial charge in [0.05, 0.1) is 0 Å². The second-order valence-electron chi connectivity index (χ2n) is 9.61. The third kappa shape index (κ3) is 9.59. The lowest BCUT2D eigenvalue weighted by Crippen LogP contribution is -2.13. The zero-order valence-electron chi connectivity index (χ0n) is 20.5. The summed E-state index contributed by atoms with van der Waals surface area (Å²) >= 11 is 0. The summed E-state index contributed by atoms with van der Waals surface area (Å²) in [6.07, 6.45) is 19.4. The van der Waals surface area contributed by atoms with Crippen LogP contribution in [0.15, 0.2) is 54.6 Å². The summed E-state index contributed by atoms with van der Waals surface area (Å²) in [5, 5.41) is 0. The Morgan fingerprint density at radius 1 is 0.727 bits per heavy atom. The molecule has 1 heteroatoms. The van der Waals surface area contributed by atoms with Gasteiger partial charge < -0.3 is 0 Å². The highest BCUT2D eigenvalue weighted by atomic mass is 19.1. The van der Waals surface area contributed by atoms with Gasteiger partial charge in [0, 0.05) is 11.1 Å². The SMILES string of the molecule is CCCCCCCCCC/C=C/c1ccc(C#Cc2ccc(C3CCC(F)CC3)cc2)cc1. The average molecular weight is 445 g/mol. The van der Waals surface area contributed by atoms with Gasteiger partial charge in [-0.3, -0.25) is 0 Å². The van der Waals surface area contributed by atoms with Crippen LogP contribution in [0.3, 0.4) is 0 Å². The molecule has 0 atom stereocenters. The standard InChI is InChI=1S/C32H41F/c1-2-3-4-5-6-7-8-9-10-11-12-27-13-15-28(16-14-27)17-18-29-19-21-30(22-20-29)31-23-25-32(33)26-24-31/h11-16,19-22,31-32H,2-10,23-26H2,1H3/b12-11+. The van der Waals surface area contributed by atoms with Crippen molar-refractivity contribution in [2.24, 2.45) is 0 Å². The van der Waals surface area contributed by atoms with Crippen LogP contribution in [0.4, 0.5) is 4.39 Å². The molecule has 0 bridgehead atoms. The van der Waals surface area contributed by atoms with E-state index in [0.717, 1.165) is 24.0 Å². The van der Waals surface area contributed by atoms with Crippen LogP contribution in [0, 0.1) is 11.8 Å². The number of hydrogen-bond donors (Lipinski definition) is 0. The highest BCUT2D eigenvalue weighted by Gasteiger charge is 2.21. The smallest absolute Gasteiger partial charge is 0.100 e. The number of allylic oxidation sites excluding steroid dienone is 1. The number of hydrogen-bond acceptors (Lipinski definition) is 0. The van der Waals surface area contributed by atoms with E-state index in [1.807, 2.05) is 0 Å². The number of halogens is 1. The summed E-state index contributed by atoms with van der Waals surface area (Å²) < 4.78 is 13.4. The fraction of sp³-hybridized carbons (Fsp3) is 0.500. The van der Waals surface area contributed by atoms with Gasteiger partial charge in [0.1, 0.15) is 6.17 Å². The van der Waals surface area contributed by atoms with E-state index in [0.29, 0.717) is 18.8 Å². The summed E-state index contributed by atoms with van der Waals surface area (Å²) in [5.41, 5.74) is 4.65. The molecule has 0 aromatic heterocycles. The number of unbranched alkanes of at least 4 members (excludes halogenated alkanes) is 8. The van der Waals surface area contributed by atoms with Gasteiger partial charge in [0.2, 0.25) is 0 Å². The summed E-state index contributed by atoms with van der Waals surface area (Å²) in [5.74, 6) is 7.06. The molecular weight excluding hydrogens is 403 g/mol. The third-order valence-electron chi connectivity index (χ3n) is 6.84. The number of rotatable bonds is 11. The molecule has 1 aliphatic rings. The molecule has 3 rings (SSSR count). The van der Waals surface area contributed by atoms with Crippen molar-refractivity contribution in [3.63, 3.8) is 0 Å². The maximum Gasteiger partial charge on any atom is 0.100 e. The molecule has 0 heterocycles. The fourth-order valence-electron chi connectivity index (χ4n) is 4.66. The summed E-state index contributed by atoms with van der Waals surface area (Å²) in [7, 11) is 0. The van der Waals surface area contributed by atoms with Crippen LogP contribution < -0.4 is 0 Å². The maximum absolute atomic E-state index is 13.4. The van der Waals surface area contributed by atoms with Gasteiger partial charge in [-0.05, 0) is 79.8 Å². The van der Waals surface area contributed by atoms with Crippen molar-refractivity contribution in [1.82, 2.24) is 0 Å². The number of alkyl halides is 1. The number of benzene rings is 2. The molecule has 0 N–H and O–H groups in total. The fourth-order valence-corrected chi connectivity index (χ4v) is 4.66. The second kappa shape index (κ2) is 14.7. The van der Waals surface area contributed by atoms with E-state index in [1.165, 1.54) is 68.9 Å². The largest absolute Gasteiger partial charge is 0.247 e. The van der Waals surface area contributed by atoms with E-state index < -0.39 is 6.17 Å². The first kappa shape index (κ1) is 25.3. The van der Waals surface area contributed by atoms with Crippen molar-refractivity contribution in [2.45, 2.75) is 102 Å². The molecule has 0 saturated heterocycles. The Balaban J connectivity index is 1.38. The highest BCUT2D eigenvalue weighted by molar-refractivity contribution is 5.52. The zero-order valence-corrected chi connectivity index (χ0v) is 20.5. The van der Waals surface area contributed by atoms with Gasteiger partial charge in [-0.15, -0.1) is 0 Å². The van der Waals surface area contributed by atoms with Crippen LogP contribution in [0.25, 0.3) is 6.08 Å². The lowest BCUT2D eigenvalue weighted by atomic mass is 9.83. The molecule has 33 heavy (non-hydrogen) atoms. The molecule has 0 radical (unpaired) electrons. The van der Waals surface area contributed by atoms with Gasteiger partial charge in [-0.2, -0.15) is 0 Å². The molecular formula is C32H41F. The van der Waals surface area contributed by atoms with Crippen molar-refractivity contribution < 1.29 is 4.39 Å². The predicted octanol–water partition coefficient (Wildman–Crippen LogP) is 9.63. The molecule has 2 aromatic carbocycles. The molecule has 1 fully saturated rings. The van der Waals surface area contributed by atoms with Gasteiger partial charge in [0.15, 0.2) is 0 Å². The Morgan fingerprint density at radius 2 is 1.27 bits per heavy atom. The van der Waals surface area contributed by atoms with Crippen LogP contribution in [0.5, 0.6) is 0 Å². The average Bonchev–Trinajstić information content (AvgIpc) is 2.85. The first-order valence-electron chi connectivity index (χ1n) is 13.3. The minimum atomic E-state index is -0.594. The van der Waals surface area contributed by atoms with Crippen LogP contribution in [0.2, 0.25) is 0 Å². The third-order valence-corrected chi connectivity index (χ3v) is 6.84. The molecule has 176 valence electrons. The van der Waals surface area contributed by atoms with E-state index >= 15 is 0 Å². The van der Waals surface area contributed by atoms with Crippen molar-refractivity contribution in [3.8, 4) is 11.8 Å². The molecule has 2 aromatic rings. The monoisotopic (exact) mass is 444 g/mol. The van der Waals surface area contributed by atoms with E-state index in [2.05, 4.69) is 79.4 Å². The minimum absolute atomic E-state index is 0.509. The van der Waals surface area contributed by atoms with Crippen molar-refractivity contribution in [3.05, 3.63) is 76.9 Å². The first-order valence-corrected chi connectivity index (χ1v) is 13.3. The molecule has 1 aliphatic carbocycles. The van der Waals surface area contributed by atoms with E-state index in [9.17, 15) is 4.39 Å². The Hall–Kier alpha value is -2.33. The Morgan fingerprint density at radius 3 is 1.88 bits per heavy atom.